The van der Waals surface area contributed by atoms with Gasteiger partial charge in [-0.1, -0.05) is 36.4 Å². The maximum Gasteiger partial charge on any atom is 0.120 e. The molecule has 3 rings (SSSR count). The van der Waals surface area contributed by atoms with Gasteiger partial charge in [-0.25, -0.2) is 0 Å². The van der Waals surface area contributed by atoms with Gasteiger partial charge in [-0.3, -0.25) is 4.90 Å². The van der Waals surface area contributed by atoms with Crippen LogP contribution in [0, 0.1) is 0 Å². The summed E-state index contributed by atoms with van der Waals surface area (Å²) in [5, 5.41) is 10.4. The summed E-state index contributed by atoms with van der Waals surface area (Å²) < 4.78 is 5.18. The van der Waals surface area contributed by atoms with Crippen molar-refractivity contribution >= 4 is 6.08 Å². The number of allylic oxidation sites excluding steroid dienone is 1. The maximum atomic E-state index is 10.4. The second-order valence-corrected chi connectivity index (χ2v) is 6.92. The Morgan fingerprint density at radius 2 is 1.77 bits per heavy atom. The minimum absolute atomic E-state index is 0.385. The number of ether oxygens (including phenoxy) is 1. The molecule has 0 radical (unpaired) electrons. The molecule has 1 saturated heterocycles. The Labute approximate surface area is 156 Å². The average molecular weight is 352 g/mol. The van der Waals surface area contributed by atoms with Gasteiger partial charge in [-0.15, -0.1) is 0 Å². The van der Waals surface area contributed by atoms with E-state index >= 15 is 0 Å². The van der Waals surface area contributed by atoms with Crippen molar-refractivity contribution in [3.63, 3.8) is 0 Å². The summed E-state index contributed by atoms with van der Waals surface area (Å²) in [6, 6.07) is 14.1. The molecular weight excluding hydrogens is 324 g/mol. The molecule has 1 aliphatic heterocycles. The van der Waals surface area contributed by atoms with Crippen LogP contribution >= 0.6 is 0 Å². The van der Waals surface area contributed by atoms with Gasteiger partial charge in [0.1, 0.15) is 11.5 Å². The number of likely N-dealkylation sites (N-methyl/N-ethyl adjacent to an activating group) is 1. The van der Waals surface area contributed by atoms with E-state index < -0.39 is 0 Å². The second-order valence-electron chi connectivity index (χ2n) is 6.92. The van der Waals surface area contributed by atoms with Crippen LogP contribution < -0.4 is 4.74 Å². The van der Waals surface area contributed by atoms with Crippen molar-refractivity contribution in [1.82, 2.24) is 9.80 Å². The number of benzene rings is 2. The molecule has 2 aromatic carbocycles. The monoisotopic (exact) mass is 352 g/mol. The number of hydrogen-bond acceptors (Lipinski definition) is 4. The summed E-state index contributed by atoms with van der Waals surface area (Å²) in [5.74, 6) is 1.26. The zero-order valence-corrected chi connectivity index (χ0v) is 15.7. The van der Waals surface area contributed by atoms with Crippen LogP contribution in [0.25, 0.3) is 6.08 Å². The first kappa shape index (κ1) is 18.5. The van der Waals surface area contributed by atoms with Crippen LogP contribution in [-0.2, 0) is 13.0 Å². The van der Waals surface area contributed by atoms with E-state index in [1.165, 1.54) is 5.56 Å². The van der Waals surface area contributed by atoms with Crippen molar-refractivity contribution in [3.05, 3.63) is 65.2 Å². The molecule has 0 amide bonds. The summed E-state index contributed by atoms with van der Waals surface area (Å²) in [7, 11) is 3.83. The van der Waals surface area contributed by atoms with E-state index in [1.54, 1.807) is 7.11 Å². The normalized spacial score (nSPS) is 16.2. The molecule has 1 N–H and O–H groups in total. The molecule has 0 saturated carbocycles. The molecule has 0 aromatic heterocycles. The van der Waals surface area contributed by atoms with Crippen LogP contribution in [0.4, 0.5) is 0 Å². The fourth-order valence-corrected chi connectivity index (χ4v) is 3.16. The molecule has 1 fully saturated rings. The molecule has 2 aromatic rings. The van der Waals surface area contributed by atoms with E-state index in [0.29, 0.717) is 5.75 Å². The SMILES string of the molecule is COc1ccc(CC=Cc2ccc(CN3CCN(C)CC3)c(O)c2)cc1. The fraction of sp³-hybridized carbons (Fsp3) is 0.364. The highest BCUT2D eigenvalue weighted by molar-refractivity contribution is 5.54. The predicted molar refractivity (Wildman–Crippen MR) is 107 cm³/mol. The molecule has 4 nitrogen and oxygen atoms in total. The number of rotatable bonds is 6. The lowest BCUT2D eigenvalue weighted by molar-refractivity contribution is 0.147. The molecule has 1 aliphatic rings. The third-order valence-corrected chi connectivity index (χ3v) is 4.92. The topological polar surface area (TPSA) is 35.9 Å². The molecule has 1 heterocycles. The Balaban J connectivity index is 1.56. The summed E-state index contributed by atoms with van der Waals surface area (Å²) in [6.07, 6.45) is 5.04. The number of aromatic hydroxyl groups is 1. The predicted octanol–water partition coefficient (Wildman–Crippen LogP) is 3.40. The molecule has 138 valence electrons. The van der Waals surface area contributed by atoms with E-state index in [9.17, 15) is 5.11 Å². The van der Waals surface area contributed by atoms with E-state index in [2.05, 4.69) is 47.2 Å². The third-order valence-electron chi connectivity index (χ3n) is 4.92. The molecule has 0 atom stereocenters. The van der Waals surface area contributed by atoms with Crippen molar-refractivity contribution < 1.29 is 9.84 Å². The molecule has 4 heteroatoms. The molecular formula is C22H28N2O2. The molecule has 0 bridgehead atoms. The van der Waals surface area contributed by atoms with Gasteiger partial charge < -0.3 is 14.7 Å². The first-order valence-electron chi connectivity index (χ1n) is 9.16. The number of piperazine rings is 1. The number of nitrogens with zero attached hydrogens (tertiary/aromatic N) is 2. The average Bonchev–Trinajstić information content (AvgIpc) is 2.66. The highest BCUT2D eigenvalue weighted by atomic mass is 16.5. The minimum atomic E-state index is 0.385. The largest absolute Gasteiger partial charge is 0.508 e. The Kier molecular flexibility index (Phi) is 6.31. The Morgan fingerprint density at radius 1 is 1.04 bits per heavy atom. The van der Waals surface area contributed by atoms with E-state index in [1.807, 2.05) is 24.3 Å². The van der Waals surface area contributed by atoms with Crippen molar-refractivity contribution in [2.24, 2.45) is 0 Å². The highest BCUT2D eigenvalue weighted by Crippen LogP contribution is 2.22. The second kappa shape index (κ2) is 8.88. The van der Waals surface area contributed by atoms with Crippen LogP contribution in [-0.4, -0.2) is 55.2 Å². The van der Waals surface area contributed by atoms with Gasteiger partial charge >= 0.3 is 0 Å². The first-order valence-corrected chi connectivity index (χ1v) is 9.16. The van der Waals surface area contributed by atoms with E-state index in [-0.39, 0.29) is 0 Å². The molecule has 26 heavy (non-hydrogen) atoms. The van der Waals surface area contributed by atoms with Gasteiger partial charge in [0.25, 0.3) is 0 Å². The highest BCUT2D eigenvalue weighted by Gasteiger charge is 2.15. The van der Waals surface area contributed by atoms with Gasteiger partial charge in [0.15, 0.2) is 0 Å². The van der Waals surface area contributed by atoms with Gasteiger partial charge in [0.05, 0.1) is 7.11 Å². The zero-order valence-electron chi connectivity index (χ0n) is 15.7. The van der Waals surface area contributed by atoms with Crippen molar-refractivity contribution in [3.8, 4) is 11.5 Å². The van der Waals surface area contributed by atoms with Gasteiger partial charge in [0, 0.05) is 38.3 Å². The van der Waals surface area contributed by atoms with Crippen molar-refractivity contribution in [2.45, 2.75) is 13.0 Å². The Morgan fingerprint density at radius 3 is 2.42 bits per heavy atom. The summed E-state index contributed by atoms with van der Waals surface area (Å²) in [5.41, 5.74) is 3.26. The van der Waals surface area contributed by atoms with Crippen LogP contribution in [0.15, 0.2) is 48.5 Å². The summed E-state index contributed by atoms with van der Waals surface area (Å²) >= 11 is 0. The quantitative estimate of drug-likeness (QED) is 0.864. The summed E-state index contributed by atoms with van der Waals surface area (Å²) in [4.78, 5) is 4.74. The Hall–Kier alpha value is -2.30. The molecule has 0 unspecified atom stereocenters. The number of phenols is 1. The third kappa shape index (κ3) is 5.10. The maximum absolute atomic E-state index is 10.4. The van der Waals surface area contributed by atoms with Crippen molar-refractivity contribution in [2.75, 3.05) is 40.3 Å². The number of hydrogen-bond donors (Lipinski definition) is 1. The van der Waals surface area contributed by atoms with Crippen LogP contribution in [0.5, 0.6) is 11.5 Å². The smallest absolute Gasteiger partial charge is 0.120 e. The minimum Gasteiger partial charge on any atom is -0.508 e. The van der Waals surface area contributed by atoms with Crippen LogP contribution in [0.2, 0.25) is 0 Å². The van der Waals surface area contributed by atoms with Gasteiger partial charge in [-0.05, 0) is 42.8 Å². The summed E-state index contributed by atoms with van der Waals surface area (Å²) in [6.45, 7) is 5.11. The van der Waals surface area contributed by atoms with Gasteiger partial charge in [-0.2, -0.15) is 0 Å². The molecule has 0 spiro atoms. The number of methoxy groups -OCH3 is 1. The van der Waals surface area contributed by atoms with Gasteiger partial charge in [0.2, 0.25) is 0 Å². The first-order chi connectivity index (χ1) is 12.6. The lowest BCUT2D eigenvalue weighted by Crippen LogP contribution is -2.43. The Bertz CT molecular complexity index is 732. The molecule has 0 aliphatic carbocycles. The van der Waals surface area contributed by atoms with Crippen LogP contribution in [0.1, 0.15) is 16.7 Å². The lowest BCUT2D eigenvalue weighted by atomic mass is 10.1. The van der Waals surface area contributed by atoms with E-state index in [4.69, 9.17) is 4.74 Å². The number of phenolic OH excluding ortho intramolecular Hbond substituents is 1. The standard InChI is InChI=1S/C22H28N2O2/c1-23-12-14-24(15-13-23)17-20-9-6-19(16-22(20)25)5-3-4-18-7-10-21(26-2)11-8-18/h3,5-11,16,25H,4,12-15,17H2,1-2H3. The lowest BCUT2D eigenvalue weighted by Gasteiger charge is -2.32. The van der Waals surface area contributed by atoms with E-state index in [0.717, 1.165) is 56.0 Å². The van der Waals surface area contributed by atoms with Crippen molar-refractivity contribution in [1.29, 1.82) is 0 Å². The zero-order chi connectivity index (χ0) is 18.4. The van der Waals surface area contributed by atoms with Crippen LogP contribution in [0.3, 0.4) is 0 Å². The fourth-order valence-electron chi connectivity index (χ4n) is 3.16.